The van der Waals surface area contributed by atoms with Gasteiger partial charge < -0.3 is 10.6 Å². The van der Waals surface area contributed by atoms with Crippen LogP contribution in [0.3, 0.4) is 0 Å². The van der Waals surface area contributed by atoms with Crippen LogP contribution in [0, 0.1) is 5.92 Å². The van der Waals surface area contributed by atoms with E-state index in [9.17, 15) is 18.0 Å². The minimum absolute atomic E-state index is 0.0583. The first kappa shape index (κ1) is 20.8. The molecule has 0 spiro atoms. The molecule has 0 atom stereocenters. The van der Waals surface area contributed by atoms with Gasteiger partial charge in [-0.25, -0.2) is 8.42 Å². The number of nitrogens with one attached hydrogen (secondary N) is 2. The van der Waals surface area contributed by atoms with E-state index in [1.165, 1.54) is 10.4 Å². The summed E-state index contributed by atoms with van der Waals surface area (Å²) in [5, 5.41) is 6.22. The lowest BCUT2D eigenvalue weighted by molar-refractivity contribution is -0.121. The molecule has 1 saturated heterocycles. The number of rotatable bonds is 4. The van der Waals surface area contributed by atoms with Gasteiger partial charge in [0.05, 0.1) is 4.90 Å². The predicted molar refractivity (Wildman–Crippen MR) is 115 cm³/mol. The molecule has 0 unspecified atom stereocenters. The average molecular weight is 448 g/mol. The Bertz CT molecular complexity index is 1080. The standard InChI is InChI=1S/C21H22ClN3O4S/c22-16-2-4-17(5-3-16)23-21(27)14-9-11-25(12-10-14)30(28,29)18-6-7-19-15(13-18)1-8-20(26)24-19/h2-7,13-14H,1,8-12H2,(H,23,27)(H,24,26). The highest BCUT2D eigenvalue weighted by Gasteiger charge is 2.32. The van der Waals surface area contributed by atoms with Crippen LogP contribution in [0.15, 0.2) is 47.4 Å². The fourth-order valence-electron chi connectivity index (χ4n) is 3.81. The van der Waals surface area contributed by atoms with Gasteiger partial charge in [-0.15, -0.1) is 0 Å². The second-order valence-electron chi connectivity index (χ2n) is 7.54. The predicted octanol–water partition coefficient (Wildman–Crippen LogP) is 3.26. The van der Waals surface area contributed by atoms with Crippen molar-refractivity contribution in [2.75, 3.05) is 23.7 Å². The van der Waals surface area contributed by atoms with E-state index in [4.69, 9.17) is 11.6 Å². The molecule has 2 aromatic rings. The van der Waals surface area contributed by atoms with Crippen LogP contribution in [-0.4, -0.2) is 37.6 Å². The number of piperidine rings is 1. The first-order valence-corrected chi connectivity index (χ1v) is 11.6. The SMILES string of the molecule is O=C1CCc2cc(S(=O)(=O)N3CCC(C(=O)Nc4ccc(Cl)cc4)CC3)ccc2N1. The van der Waals surface area contributed by atoms with Gasteiger partial charge in [-0.2, -0.15) is 4.31 Å². The smallest absolute Gasteiger partial charge is 0.243 e. The average Bonchev–Trinajstić information content (AvgIpc) is 2.75. The maximum atomic E-state index is 13.1. The number of sulfonamides is 1. The van der Waals surface area contributed by atoms with Crippen LogP contribution in [0.5, 0.6) is 0 Å². The molecule has 2 amide bonds. The molecule has 2 aliphatic heterocycles. The number of halogens is 1. The Morgan fingerprint density at radius 2 is 1.77 bits per heavy atom. The number of hydrogen-bond donors (Lipinski definition) is 2. The molecule has 0 bridgehead atoms. The maximum absolute atomic E-state index is 13.1. The molecular formula is C21H22ClN3O4S. The molecule has 2 aliphatic rings. The van der Waals surface area contributed by atoms with Crippen molar-refractivity contribution in [3.8, 4) is 0 Å². The number of amides is 2. The molecule has 9 heteroatoms. The highest BCUT2D eigenvalue weighted by atomic mass is 35.5. The molecule has 0 aromatic heterocycles. The van der Waals surface area contributed by atoms with Gasteiger partial charge in [-0.05, 0) is 67.3 Å². The van der Waals surface area contributed by atoms with Gasteiger partial charge in [0.2, 0.25) is 21.8 Å². The molecule has 0 saturated carbocycles. The van der Waals surface area contributed by atoms with E-state index in [2.05, 4.69) is 10.6 Å². The van der Waals surface area contributed by atoms with Crippen molar-refractivity contribution in [1.82, 2.24) is 4.31 Å². The quantitative estimate of drug-likeness (QED) is 0.751. The molecule has 7 nitrogen and oxygen atoms in total. The first-order chi connectivity index (χ1) is 14.3. The number of anilines is 2. The zero-order chi connectivity index (χ0) is 21.3. The van der Waals surface area contributed by atoms with Gasteiger partial charge >= 0.3 is 0 Å². The molecule has 2 aromatic carbocycles. The topological polar surface area (TPSA) is 95.6 Å². The van der Waals surface area contributed by atoms with Gasteiger partial charge in [0.15, 0.2) is 0 Å². The first-order valence-electron chi connectivity index (χ1n) is 9.82. The van der Waals surface area contributed by atoms with Crippen LogP contribution in [0.1, 0.15) is 24.8 Å². The molecule has 0 radical (unpaired) electrons. The van der Waals surface area contributed by atoms with Gasteiger partial charge in [0.25, 0.3) is 0 Å². The number of hydrogen-bond acceptors (Lipinski definition) is 4. The van der Waals surface area contributed by atoms with Crippen molar-refractivity contribution < 1.29 is 18.0 Å². The van der Waals surface area contributed by atoms with Crippen molar-refractivity contribution >= 4 is 44.8 Å². The third kappa shape index (κ3) is 4.35. The van der Waals surface area contributed by atoms with Crippen LogP contribution in [0.2, 0.25) is 5.02 Å². The second-order valence-corrected chi connectivity index (χ2v) is 9.92. The second kappa shape index (κ2) is 8.37. The lowest BCUT2D eigenvalue weighted by atomic mass is 9.97. The molecular weight excluding hydrogens is 426 g/mol. The van der Waals surface area contributed by atoms with Gasteiger partial charge in [-0.3, -0.25) is 9.59 Å². The Kier molecular flexibility index (Phi) is 5.81. The monoisotopic (exact) mass is 447 g/mol. The number of carbonyl (C=O) groups is 2. The molecule has 1 fully saturated rings. The summed E-state index contributed by atoms with van der Waals surface area (Å²) in [5.74, 6) is -0.415. The molecule has 0 aliphatic carbocycles. The van der Waals surface area contributed by atoms with E-state index < -0.39 is 10.0 Å². The van der Waals surface area contributed by atoms with E-state index in [0.29, 0.717) is 42.1 Å². The van der Waals surface area contributed by atoms with Crippen molar-refractivity contribution in [3.63, 3.8) is 0 Å². The number of aryl methyl sites for hydroxylation is 1. The van der Waals surface area contributed by atoms with Crippen molar-refractivity contribution in [3.05, 3.63) is 53.1 Å². The van der Waals surface area contributed by atoms with Crippen molar-refractivity contribution in [1.29, 1.82) is 0 Å². The Morgan fingerprint density at radius 1 is 1.07 bits per heavy atom. The number of benzene rings is 2. The Morgan fingerprint density at radius 3 is 2.47 bits per heavy atom. The lowest BCUT2D eigenvalue weighted by Gasteiger charge is -2.31. The number of carbonyl (C=O) groups excluding carboxylic acids is 2. The Labute approximate surface area is 180 Å². The summed E-state index contributed by atoms with van der Waals surface area (Å²) in [6.45, 7) is 0.573. The molecule has 158 valence electrons. The summed E-state index contributed by atoms with van der Waals surface area (Å²) < 4.78 is 27.6. The third-order valence-corrected chi connectivity index (χ3v) is 7.69. The Balaban J connectivity index is 1.40. The fourth-order valence-corrected chi connectivity index (χ4v) is 5.45. The van der Waals surface area contributed by atoms with E-state index in [1.807, 2.05) is 0 Å². The van der Waals surface area contributed by atoms with Crippen molar-refractivity contribution in [2.45, 2.75) is 30.6 Å². The van der Waals surface area contributed by atoms with E-state index >= 15 is 0 Å². The summed E-state index contributed by atoms with van der Waals surface area (Å²) in [5.41, 5.74) is 2.16. The third-order valence-electron chi connectivity index (χ3n) is 5.55. The maximum Gasteiger partial charge on any atom is 0.243 e. The van der Waals surface area contributed by atoms with Crippen LogP contribution in [-0.2, 0) is 26.0 Å². The van der Waals surface area contributed by atoms with Crippen LogP contribution in [0.25, 0.3) is 0 Å². The summed E-state index contributed by atoms with van der Waals surface area (Å²) in [6.07, 6.45) is 1.79. The summed E-state index contributed by atoms with van der Waals surface area (Å²) in [6, 6.07) is 11.7. The van der Waals surface area contributed by atoms with Gasteiger partial charge in [0, 0.05) is 41.8 Å². The zero-order valence-electron chi connectivity index (χ0n) is 16.2. The fraction of sp³-hybridized carbons (Fsp3) is 0.333. The van der Waals surface area contributed by atoms with Crippen LogP contribution >= 0.6 is 11.6 Å². The normalized spacial score (nSPS) is 17.8. The lowest BCUT2D eigenvalue weighted by Crippen LogP contribution is -2.41. The van der Waals surface area contributed by atoms with Crippen LogP contribution < -0.4 is 10.6 Å². The molecule has 30 heavy (non-hydrogen) atoms. The van der Waals surface area contributed by atoms with Crippen LogP contribution in [0.4, 0.5) is 11.4 Å². The number of nitrogens with zero attached hydrogens (tertiary/aromatic N) is 1. The summed E-state index contributed by atoms with van der Waals surface area (Å²) in [7, 11) is -3.65. The minimum Gasteiger partial charge on any atom is -0.326 e. The largest absolute Gasteiger partial charge is 0.326 e. The minimum atomic E-state index is -3.65. The van der Waals surface area contributed by atoms with Gasteiger partial charge in [0.1, 0.15) is 0 Å². The highest BCUT2D eigenvalue weighted by Crippen LogP contribution is 2.29. The van der Waals surface area contributed by atoms with E-state index in [1.54, 1.807) is 36.4 Å². The Hall–Kier alpha value is -2.42. The molecule has 2 heterocycles. The van der Waals surface area contributed by atoms with E-state index in [-0.39, 0.29) is 35.7 Å². The zero-order valence-corrected chi connectivity index (χ0v) is 17.8. The van der Waals surface area contributed by atoms with Crippen molar-refractivity contribution in [2.24, 2.45) is 5.92 Å². The van der Waals surface area contributed by atoms with E-state index in [0.717, 1.165) is 5.56 Å². The molecule has 2 N–H and O–H groups in total. The molecule has 4 rings (SSSR count). The van der Waals surface area contributed by atoms with Gasteiger partial charge in [-0.1, -0.05) is 11.6 Å². The number of fused-ring (bicyclic) bond motifs is 1. The highest BCUT2D eigenvalue weighted by molar-refractivity contribution is 7.89. The summed E-state index contributed by atoms with van der Waals surface area (Å²) in [4.78, 5) is 24.2. The summed E-state index contributed by atoms with van der Waals surface area (Å²) >= 11 is 5.86.